The van der Waals surface area contributed by atoms with E-state index in [4.69, 9.17) is 5.11 Å². The van der Waals surface area contributed by atoms with Gasteiger partial charge in [0.05, 0.1) is 12.2 Å². The zero-order valence-electron chi connectivity index (χ0n) is 17.8. The molecule has 4 aliphatic rings. The first-order valence-electron chi connectivity index (χ1n) is 11.5. The Kier molecular flexibility index (Phi) is 5.19. The van der Waals surface area contributed by atoms with Crippen LogP contribution in [0.3, 0.4) is 0 Å². The summed E-state index contributed by atoms with van der Waals surface area (Å²) in [5.41, 5.74) is 3.20. The van der Waals surface area contributed by atoms with Gasteiger partial charge in [-0.1, -0.05) is 31.9 Å². The predicted octanol–water partition coefficient (Wildman–Crippen LogP) is 4.54. The highest BCUT2D eigenvalue weighted by Crippen LogP contribution is 2.65. The van der Waals surface area contributed by atoms with Crippen molar-refractivity contribution in [3.8, 4) is 0 Å². The van der Waals surface area contributed by atoms with Gasteiger partial charge in [0.2, 0.25) is 0 Å². The molecule has 0 aromatic carbocycles. The van der Waals surface area contributed by atoms with Gasteiger partial charge in [-0.05, 0) is 86.9 Å². The van der Waals surface area contributed by atoms with Gasteiger partial charge >= 0.3 is 5.97 Å². The quantitative estimate of drug-likeness (QED) is 0.616. The fourth-order valence-electron chi connectivity index (χ4n) is 7.92. The molecule has 4 aliphatic carbocycles. The molecule has 0 saturated heterocycles. The highest BCUT2D eigenvalue weighted by molar-refractivity contribution is 5.66. The molecule has 0 spiro atoms. The molecule has 3 saturated carbocycles. The molecule has 4 nitrogen and oxygen atoms in total. The molecule has 158 valence electrons. The predicted molar refractivity (Wildman–Crippen MR) is 109 cm³/mol. The van der Waals surface area contributed by atoms with Crippen molar-refractivity contribution in [3.05, 3.63) is 11.1 Å². The van der Waals surface area contributed by atoms with Crippen LogP contribution in [-0.4, -0.2) is 33.5 Å². The topological polar surface area (TPSA) is 77.8 Å². The summed E-state index contributed by atoms with van der Waals surface area (Å²) in [7, 11) is 0. The molecule has 0 aromatic rings. The highest BCUT2D eigenvalue weighted by Gasteiger charge is 2.58. The number of allylic oxidation sites excluding steroid dienone is 1. The molecule has 4 heteroatoms. The molecule has 0 aliphatic heterocycles. The van der Waals surface area contributed by atoms with Gasteiger partial charge in [0.25, 0.3) is 0 Å². The summed E-state index contributed by atoms with van der Waals surface area (Å²) < 4.78 is 0. The van der Waals surface area contributed by atoms with E-state index in [1.165, 1.54) is 12.0 Å². The van der Waals surface area contributed by atoms with E-state index in [0.717, 1.165) is 44.9 Å². The van der Waals surface area contributed by atoms with Crippen LogP contribution >= 0.6 is 0 Å². The Morgan fingerprint density at radius 1 is 1.14 bits per heavy atom. The van der Waals surface area contributed by atoms with Gasteiger partial charge in [-0.2, -0.15) is 0 Å². The number of aliphatic carboxylic acids is 1. The van der Waals surface area contributed by atoms with Gasteiger partial charge in [0.15, 0.2) is 0 Å². The Hall–Kier alpha value is -0.870. The minimum absolute atomic E-state index is 0.142. The lowest BCUT2D eigenvalue weighted by molar-refractivity contribution is -0.137. The molecule has 3 N–H and O–H groups in total. The maximum atomic E-state index is 11.4. The standard InChI is InChI=1S/C24H38O4/c1-14(4-9-22(27)28)18-7-8-19-17-6-5-15-12-16(25)10-11-23(15,2)20(17)13-21(26)24(18,19)3/h14-16,18,20-21,25-26H,4-13H2,1-3H3,(H,27,28)/t14-,15-,16-,18-,20?,21+,23+,24-/m1/s1. The molecule has 3 fully saturated rings. The van der Waals surface area contributed by atoms with E-state index < -0.39 is 5.97 Å². The van der Waals surface area contributed by atoms with E-state index in [9.17, 15) is 15.0 Å². The summed E-state index contributed by atoms with van der Waals surface area (Å²) in [4.78, 5) is 11.0. The van der Waals surface area contributed by atoms with Crippen molar-refractivity contribution in [2.75, 3.05) is 0 Å². The Bertz CT molecular complexity index is 670. The van der Waals surface area contributed by atoms with Crippen molar-refractivity contribution in [2.24, 2.45) is 34.5 Å². The number of aliphatic hydroxyl groups excluding tert-OH is 2. The monoisotopic (exact) mass is 390 g/mol. The first-order valence-corrected chi connectivity index (χ1v) is 11.5. The van der Waals surface area contributed by atoms with E-state index in [-0.39, 0.29) is 29.5 Å². The number of fused-ring (bicyclic) bond motifs is 4. The molecule has 4 rings (SSSR count). The van der Waals surface area contributed by atoms with Crippen LogP contribution in [-0.2, 0) is 4.79 Å². The lowest BCUT2D eigenvalue weighted by Gasteiger charge is -2.58. The molecule has 0 radical (unpaired) electrons. The first-order chi connectivity index (χ1) is 13.2. The van der Waals surface area contributed by atoms with Gasteiger partial charge in [0, 0.05) is 11.8 Å². The van der Waals surface area contributed by atoms with Crippen LogP contribution in [0.2, 0.25) is 0 Å². The van der Waals surface area contributed by atoms with Crippen molar-refractivity contribution < 1.29 is 20.1 Å². The summed E-state index contributed by atoms with van der Waals surface area (Å²) in [5.74, 6) is 1.02. The van der Waals surface area contributed by atoms with E-state index >= 15 is 0 Å². The largest absolute Gasteiger partial charge is 0.481 e. The molecule has 8 atom stereocenters. The van der Waals surface area contributed by atoms with Gasteiger partial charge < -0.3 is 15.3 Å². The van der Waals surface area contributed by atoms with Gasteiger partial charge in [-0.25, -0.2) is 0 Å². The Morgan fingerprint density at radius 2 is 1.89 bits per heavy atom. The third-order valence-corrected chi connectivity index (χ3v) is 9.65. The summed E-state index contributed by atoms with van der Waals surface area (Å²) in [6.45, 7) is 6.88. The SMILES string of the molecule is C[C@H](CCC(=O)O)[C@H]1CCC2=C3CC[C@@H]4C[C@H](O)CC[C@]4(C)C3C[C@H](O)[C@@]21C. The second-order valence-corrected chi connectivity index (χ2v) is 10.8. The number of rotatable bonds is 4. The van der Waals surface area contributed by atoms with Crippen molar-refractivity contribution >= 4 is 5.97 Å². The molecule has 0 aromatic heterocycles. The number of carboxylic acid groups (broad SMARTS) is 1. The molecular formula is C24H38O4. The van der Waals surface area contributed by atoms with Crippen LogP contribution in [0.15, 0.2) is 11.1 Å². The molecule has 1 unspecified atom stereocenters. The van der Waals surface area contributed by atoms with Crippen molar-refractivity contribution in [3.63, 3.8) is 0 Å². The summed E-state index contributed by atoms with van der Waals surface area (Å²) in [6.07, 6.45) is 8.65. The Morgan fingerprint density at radius 3 is 2.61 bits per heavy atom. The maximum Gasteiger partial charge on any atom is 0.303 e. The zero-order valence-corrected chi connectivity index (χ0v) is 17.8. The van der Waals surface area contributed by atoms with Gasteiger partial charge in [-0.15, -0.1) is 0 Å². The first kappa shape index (κ1) is 20.4. The lowest BCUT2D eigenvalue weighted by atomic mass is 9.48. The number of hydrogen-bond donors (Lipinski definition) is 3. The Labute approximate surface area is 169 Å². The minimum atomic E-state index is -0.719. The molecule has 0 bridgehead atoms. The normalized spacial score (nSPS) is 46.5. The van der Waals surface area contributed by atoms with Crippen molar-refractivity contribution in [2.45, 2.75) is 97.2 Å². The number of carboxylic acids is 1. The average molecular weight is 391 g/mol. The van der Waals surface area contributed by atoms with Crippen molar-refractivity contribution in [1.29, 1.82) is 0 Å². The van der Waals surface area contributed by atoms with Gasteiger partial charge in [0.1, 0.15) is 0 Å². The molecule has 0 heterocycles. The number of carbonyl (C=O) groups is 1. The summed E-state index contributed by atoms with van der Waals surface area (Å²) >= 11 is 0. The number of hydrogen-bond acceptors (Lipinski definition) is 3. The summed E-state index contributed by atoms with van der Waals surface area (Å²) in [5, 5.41) is 30.7. The molecule has 28 heavy (non-hydrogen) atoms. The van der Waals surface area contributed by atoms with Crippen LogP contribution < -0.4 is 0 Å². The van der Waals surface area contributed by atoms with Gasteiger partial charge in [-0.3, -0.25) is 4.79 Å². The van der Waals surface area contributed by atoms with Crippen LogP contribution in [0.1, 0.15) is 85.0 Å². The second kappa shape index (κ2) is 7.12. The summed E-state index contributed by atoms with van der Waals surface area (Å²) in [6, 6.07) is 0. The molecular weight excluding hydrogens is 352 g/mol. The minimum Gasteiger partial charge on any atom is -0.481 e. The average Bonchev–Trinajstić information content (AvgIpc) is 3.00. The van der Waals surface area contributed by atoms with E-state index in [2.05, 4.69) is 20.8 Å². The zero-order chi connectivity index (χ0) is 20.3. The second-order valence-electron chi connectivity index (χ2n) is 10.8. The van der Waals surface area contributed by atoms with Crippen LogP contribution in [0.5, 0.6) is 0 Å². The van der Waals surface area contributed by atoms with E-state index in [1.54, 1.807) is 5.57 Å². The fraction of sp³-hybridized carbons (Fsp3) is 0.875. The van der Waals surface area contributed by atoms with E-state index in [0.29, 0.717) is 30.1 Å². The highest BCUT2D eigenvalue weighted by atomic mass is 16.4. The van der Waals surface area contributed by atoms with E-state index in [1.807, 2.05) is 0 Å². The molecule has 0 amide bonds. The lowest BCUT2D eigenvalue weighted by Crippen LogP contribution is -2.52. The van der Waals surface area contributed by atoms with Crippen LogP contribution in [0, 0.1) is 34.5 Å². The number of aliphatic hydroxyl groups is 2. The Balaban J connectivity index is 1.64. The maximum absolute atomic E-state index is 11.4. The third kappa shape index (κ3) is 2.98. The third-order valence-electron chi connectivity index (χ3n) is 9.65. The smallest absolute Gasteiger partial charge is 0.303 e. The van der Waals surface area contributed by atoms with Crippen LogP contribution in [0.25, 0.3) is 0 Å². The van der Waals surface area contributed by atoms with Crippen LogP contribution in [0.4, 0.5) is 0 Å². The fourth-order valence-corrected chi connectivity index (χ4v) is 7.92. The van der Waals surface area contributed by atoms with Crippen molar-refractivity contribution in [1.82, 2.24) is 0 Å².